The number of hydrogen-bond acceptors (Lipinski definition) is 6. The molecule has 0 saturated heterocycles. The first kappa shape index (κ1) is 26.4. The lowest BCUT2D eigenvalue weighted by Gasteiger charge is -2.20. The molecule has 1 heterocycles. The van der Waals surface area contributed by atoms with Crippen molar-refractivity contribution < 1.29 is 47.2 Å². The minimum absolute atomic E-state index is 0.0493. The van der Waals surface area contributed by atoms with E-state index in [1.165, 1.54) is 18.2 Å². The van der Waals surface area contributed by atoms with Gasteiger partial charge in [-0.1, -0.05) is 12.1 Å². The molecule has 1 atom stereocenters. The first-order valence-corrected chi connectivity index (χ1v) is 11.2. The minimum atomic E-state index is -4.61. The third kappa shape index (κ3) is 7.92. The number of alkyl halides is 3. The Kier molecular flexibility index (Phi) is 9.10. The Balaban J connectivity index is 2.15. The van der Waals surface area contributed by atoms with Crippen LogP contribution < -0.4 is 0 Å². The molecular formula is C19H19F3N2O7S2. The van der Waals surface area contributed by atoms with E-state index in [0.29, 0.717) is 9.35 Å². The molecule has 0 aliphatic heterocycles. The molecule has 3 N–H and O–H groups in total. The zero-order chi connectivity index (χ0) is 24.8. The third-order valence-electron chi connectivity index (χ3n) is 4.19. The van der Waals surface area contributed by atoms with Crippen molar-refractivity contribution in [2.24, 2.45) is 0 Å². The molecule has 0 saturated carbocycles. The number of halogens is 3. The van der Waals surface area contributed by atoms with Crippen molar-refractivity contribution in [3.05, 3.63) is 52.4 Å². The molecule has 0 spiro atoms. The maximum Gasteiger partial charge on any atom is 0.416 e. The van der Waals surface area contributed by atoms with Crippen LogP contribution >= 0.6 is 11.3 Å². The SMILES string of the molecule is O=C(O)CCCN(O)S(=O)c1ccc(CN(Cc2cccc(C(F)(F)F)c2)C(=O)C(=O)O)s1. The number of hydroxylamine groups is 1. The van der Waals surface area contributed by atoms with Gasteiger partial charge in [-0.15, -0.1) is 15.8 Å². The zero-order valence-electron chi connectivity index (χ0n) is 16.8. The fraction of sp³-hybridized carbons (Fsp3) is 0.316. The monoisotopic (exact) mass is 508 g/mol. The average molecular weight is 508 g/mol. The van der Waals surface area contributed by atoms with Gasteiger partial charge in [-0.25, -0.2) is 9.00 Å². The number of carboxylic acid groups (broad SMARTS) is 2. The lowest BCUT2D eigenvalue weighted by Crippen LogP contribution is -2.35. The number of carboxylic acids is 2. The summed E-state index contributed by atoms with van der Waals surface area (Å²) >= 11 is 0.900. The lowest BCUT2D eigenvalue weighted by molar-refractivity contribution is -0.156. The summed E-state index contributed by atoms with van der Waals surface area (Å²) in [5, 5.41) is 27.5. The Morgan fingerprint density at radius 2 is 1.76 bits per heavy atom. The van der Waals surface area contributed by atoms with Crippen LogP contribution in [0.1, 0.15) is 28.8 Å². The fourth-order valence-electron chi connectivity index (χ4n) is 2.68. The van der Waals surface area contributed by atoms with Crippen molar-refractivity contribution >= 4 is 40.2 Å². The zero-order valence-corrected chi connectivity index (χ0v) is 18.5. The van der Waals surface area contributed by atoms with Crippen molar-refractivity contribution in [3.8, 4) is 0 Å². The first-order chi connectivity index (χ1) is 15.4. The van der Waals surface area contributed by atoms with Gasteiger partial charge in [0.15, 0.2) is 11.0 Å². The van der Waals surface area contributed by atoms with Gasteiger partial charge in [0, 0.05) is 24.4 Å². The van der Waals surface area contributed by atoms with Gasteiger partial charge in [0.05, 0.1) is 12.1 Å². The number of hydrogen-bond donors (Lipinski definition) is 3. The summed E-state index contributed by atoms with van der Waals surface area (Å²) in [7, 11) is -2.04. The van der Waals surface area contributed by atoms with Gasteiger partial charge in [0.25, 0.3) is 0 Å². The molecule has 14 heteroatoms. The molecule has 0 aliphatic rings. The normalized spacial score (nSPS) is 12.5. The van der Waals surface area contributed by atoms with Crippen LogP contribution in [0.25, 0.3) is 0 Å². The smallest absolute Gasteiger partial charge is 0.416 e. The Hall–Kier alpha value is -2.81. The highest BCUT2D eigenvalue weighted by atomic mass is 32.2. The number of benzene rings is 1. The van der Waals surface area contributed by atoms with E-state index < -0.39 is 47.1 Å². The van der Waals surface area contributed by atoms with Gasteiger partial charge in [0.2, 0.25) is 0 Å². The number of rotatable bonds is 10. The molecule has 0 fully saturated rings. The van der Waals surface area contributed by atoms with Crippen LogP contribution in [0.5, 0.6) is 0 Å². The van der Waals surface area contributed by atoms with Crippen LogP contribution in [0, 0.1) is 0 Å². The summed E-state index contributed by atoms with van der Waals surface area (Å²) in [5.74, 6) is -4.19. The summed E-state index contributed by atoms with van der Waals surface area (Å²) in [4.78, 5) is 35.0. The number of thiophene rings is 1. The van der Waals surface area contributed by atoms with Crippen molar-refractivity contribution in [1.82, 2.24) is 9.37 Å². The molecule has 2 aromatic rings. The van der Waals surface area contributed by atoms with Gasteiger partial charge >= 0.3 is 24.0 Å². The van der Waals surface area contributed by atoms with Crippen molar-refractivity contribution in [2.75, 3.05) is 6.54 Å². The Bertz CT molecular complexity index is 1040. The maximum atomic E-state index is 12.9. The quantitative estimate of drug-likeness (QED) is 0.332. The van der Waals surface area contributed by atoms with E-state index in [4.69, 9.17) is 10.2 Å². The van der Waals surface area contributed by atoms with Crippen LogP contribution in [0.15, 0.2) is 40.6 Å². The van der Waals surface area contributed by atoms with E-state index in [2.05, 4.69) is 0 Å². The molecule has 33 heavy (non-hydrogen) atoms. The van der Waals surface area contributed by atoms with E-state index >= 15 is 0 Å². The van der Waals surface area contributed by atoms with E-state index in [9.17, 15) is 37.0 Å². The van der Waals surface area contributed by atoms with Crippen LogP contribution in [0.3, 0.4) is 0 Å². The van der Waals surface area contributed by atoms with Gasteiger partial charge in [0.1, 0.15) is 4.21 Å². The molecule has 0 aliphatic carbocycles. The predicted molar refractivity (Wildman–Crippen MR) is 109 cm³/mol. The van der Waals surface area contributed by atoms with Crippen molar-refractivity contribution in [2.45, 2.75) is 36.3 Å². The van der Waals surface area contributed by atoms with Crippen molar-refractivity contribution in [3.63, 3.8) is 0 Å². The molecule has 180 valence electrons. The molecule has 0 bridgehead atoms. The van der Waals surface area contributed by atoms with Crippen molar-refractivity contribution in [1.29, 1.82) is 0 Å². The molecule has 0 radical (unpaired) electrons. The van der Waals surface area contributed by atoms with E-state index in [1.807, 2.05) is 0 Å². The van der Waals surface area contributed by atoms with Crippen LogP contribution in [0.2, 0.25) is 0 Å². The van der Waals surface area contributed by atoms with Gasteiger partial charge in [-0.3, -0.25) is 9.59 Å². The molecule has 1 aromatic heterocycles. The highest BCUT2D eigenvalue weighted by Gasteiger charge is 2.31. The van der Waals surface area contributed by atoms with Gasteiger partial charge in [-0.05, 0) is 36.2 Å². The van der Waals surface area contributed by atoms with Crippen LogP contribution in [-0.2, 0) is 44.6 Å². The summed E-state index contributed by atoms with van der Waals surface area (Å²) in [6.45, 7) is -0.869. The van der Waals surface area contributed by atoms with Crippen LogP contribution in [0.4, 0.5) is 13.2 Å². The largest absolute Gasteiger partial charge is 0.481 e. The average Bonchev–Trinajstić information content (AvgIpc) is 3.19. The summed E-state index contributed by atoms with van der Waals surface area (Å²) < 4.78 is 51.8. The minimum Gasteiger partial charge on any atom is -0.481 e. The second kappa shape index (κ2) is 11.4. The molecule has 1 amide bonds. The third-order valence-corrected chi connectivity index (χ3v) is 6.77. The molecule has 9 nitrogen and oxygen atoms in total. The van der Waals surface area contributed by atoms with E-state index in [-0.39, 0.29) is 35.7 Å². The van der Waals surface area contributed by atoms with Gasteiger partial charge in [-0.2, -0.15) is 13.2 Å². The molecule has 1 aromatic carbocycles. The number of nitrogens with zero attached hydrogens (tertiary/aromatic N) is 2. The molecular weight excluding hydrogens is 489 g/mol. The predicted octanol–water partition coefficient (Wildman–Crippen LogP) is 2.96. The summed E-state index contributed by atoms with van der Waals surface area (Å²) in [6.07, 6.45) is -4.79. The Morgan fingerprint density at radius 1 is 1.06 bits per heavy atom. The molecule has 1 unspecified atom stereocenters. The highest BCUT2D eigenvalue weighted by molar-refractivity contribution is 7.84. The first-order valence-electron chi connectivity index (χ1n) is 9.25. The number of aliphatic carboxylic acids is 2. The topological polar surface area (TPSA) is 135 Å². The van der Waals surface area contributed by atoms with Crippen LogP contribution in [-0.4, -0.2) is 53.4 Å². The van der Waals surface area contributed by atoms with E-state index in [0.717, 1.165) is 34.4 Å². The second-order valence-corrected chi connectivity index (χ2v) is 9.49. The maximum absolute atomic E-state index is 12.9. The number of carbonyl (C=O) groups is 3. The second-order valence-electron chi connectivity index (χ2n) is 6.71. The van der Waals surface area contributed by atoms with E-state index in [1.54, 1.807) is 0 Å². The van der Waals surface area contributed by atoms with Gasteiger partial charge < -0.3 is 20.3 Å². The summed E-state index contributed by atoms with van der Waals surface area (Å²) in [6, 6.07) is 6.96. The fourth-order valence-corrected chi connectivity index (χ4v) is 4.98. The number of carbonyl (C=O) groups excluding carboxylic acids is 1. The standard InChI is InChI=1S/C19H19F3N2O7S2/c20-19(21,22)13-4-1-3-12(9-13)10-23(17(27)18(28)29)11-14-6-7-16(32-14)33(31)24(30)8-2-5-15(25)26/h1,3-4,6-7,9,30H,2,5,8,10-11H2,(H,25,26)(H,28,29). The summed E-state index contributed by atoms with van der Waals surface area (Å²) in [5.41, 5.74) is -0.873. The highest BCUT2D eigenvalue weighted by Crippen LogP contribution is 2.30. The Labute approximate surface area is 192 Å². The number of amides is 1. The molecule has 2 rings (SSSR count). The lowest BCUT2D eigenvalue weighted by atomic mass is 10.1. The Morgan fingerprint density at radius 3 is 2.36 bits per heavy atom.